The second-order valence-electron chi connectivity index (χ2n) is 4.92. The third-order valence-corrected chi connectivity index (χ3v) is 3.47. The van der Waals surface area contributed by atoms with E-state index in [0.717, 1.165) is 17.1 Å². The Balaban J connectivity index is 2.08. The Morgan fingerprint density at radius 2 is 1.71 bits per heavy atom. The summed E-state index contributed by atoms with van der Waals surface area (Å²) in [5.41, 5.74) is 5.12. The van der Waals surface area contributed by atoms with Gasteiger partial charge in [-0.15, -0.1) is 0 Å². The minimum Gasteiger partial charge on any atom is -0.481 e. The van der Waals surface area contributed by atoms with Gasteiger partial charge in [-0.2, -0.15) is 0 Å². The summed E-state index contributed by atoms with van der Waals surface area (Å²) in [6, 6.07) is 13.9. The third kappa shape index (κ3) is 2.52. The summed E-state index contributed by atoms with van der Waals surface area (Å²) in [6.45, 7) is 4.19. The predicted molar refractivity (Wildman–Crippen MR) is 82.8 cm³/mol. The summed E-state index contributed by atoms with van der Waals surface area (Å²) in [5.74, 6) is 0.591. The molecule has 0 bridgehead atoms. The highest BCUT2D eigenvalue weighted by Gasteiger charge is 2.08. The normalized spacial score (nSPS) is 10.6. The first-order valence-electron chi connectivity index (χ1n) is 6.82. The van der Waals surface area contributed by atoms with E-state index in [1.54, 1.807) is 7.11 Å². The molecular formula is C17H17N3O. The molecule has 0 aliphatic heterocycles. The molecule has 0 aromatic carbocycles. The van der Waals surface area contributed by atoms with Crippen molar-refractivity contribution in [3.05, 3.63) is 60.0 Å². The van der Waals surface area contributed by atoms with Crippen LogP contribution in [0.1, 0.15) is 11.4 Å². The molecule has 0 amide bonds. The zero-order chi connectivity index (χ0) is 14.8. The van der Waals surface area contributed by atoms with Gasteiger partial charge in [0.05, 0.1) is 18.5 Å². The van der Waals surface area contributed by atoms with Gasteiger partial charge in [-0.3, -0.25) is 4.98 Å². The molecule has 0 N–H and O–H groups in total. The first-order chi connectivity index (χ1) is 10.2. The summed E-state index contributed by atoms with van der Waals surface area (Å²) in [4.78, 5) is 8.86. The van der Waals surface area contributed by atoms with E-state index in [4.69, 9.17) is 4.74 Å². The van der Waals surface area contributed by atoms with Gasteiger partial charge in [0, 0.05) is 29.3 Å². The minimum absolute atomic E-state index is 0.591. The number of nitrogens with zero attached hydrogens (tertiary/aromatic N) is 3. The molecular weight excluding hydrogens is 262 g/mol. The maximum Gasteiger partial charge on any atom is 0.213 e. The Kier molecular flexibility index (Phi) is 3.44. The molecule has 3 aromatic heterocycles. The van der Waals surface area contributed by atoms with E-state index >= 15 is 0 Å². The van der Waals surface area contributed by atoms with Gasteiger partial charge >= 0.3 is 0 Å². The first kappa shape index (κ1) is 13.4. The minimum atomic E-state index is 0.591. The van der Waals surface area contributed by atoms with Crippen LogP contribution in [-0.2, 0) is 0 Å². The Labute approximate surface area is 124 Å². The van der Waals surface area contributed by atoms with Gasteiger partial charge in [0.1, 0.15) is 0 Å². The van der Waals surface area contributed by atoms with Crippen LogP contribution in [0, 0.1) is 13.8 Å². The molecule has 0 radical (unpaired) electrons. The topological polar surface area (TPSA) is 39.9 Å². The summed E-state index contributed by atoms with van der Waals surface area (Å²) in [6.07, 6.45) is 1.81. The lowest BCUT2D eigenvalue weighted by Crippen LogP contribution is -2.00. The lowest BCUT2D eigenvalue weighted by Gasteiger charge is -2.10. The average molecular weight is 279 g/mol. The fraction of sp³-hybridized carbons (Fsp3) is 0.176. The predicted octanol–water partition coefficient (Wildman–Crippen LogP) is 3.56. The van der Waals surface area contributed by atoms with Crippen molar-refractivity contribution in [1.29, 1.82) is 0 Å². The number of pyridine rings is 2. The highest BCUT2D eigenvalue weighted by Crippen LogP contribution is 2.22. The molecule has 0 atom stereocenters. The van der Waals surface area contributed by atoms with Gasteiger partial charge in [0.15, 0.2) is 0 Å². The number of methoxy groups -OCH3 is 1. The van der Waals surface area contributed by atoms with Crippen molar-refractivity contribution in [2.24, 2.45) is 0 Å². The molecule has 106 valence electrons. The largest absolute Gasteiger partial charge is 0.481 e. The fourth-order valence-corrected chi connectivity index (χ4v) is 2.45. The molecule has 0 aliphatic carbocycles. The monoisotopic (exact) mass is 279 g/mol. The summed E-state index contributed by atoms with van der Waals surface area (Å²) < 4.78 is 7.37. The van der Waals surface area contributed by atoms with Crippen molar-refractivity contribution in [2.45, 2.75) is 13.8 Å². The van der Waals surface area contributed by atoms with E-state index < -0.39 is 0 Å². The van der Waals surface area contributed by atoms with Gasteiger partial charge < -0.3 is 9.30 Å². The first-order valence-corrected chi connectivity index (χ1v) is 6.82. The quantitative estimate of drug-likeness (QED) is 0.736. The van der Waals surface area contributed by atoms with E-state index in [-0.39, 0.29) is 0 Å². The molecule has 0 saturated heterocycles. The average Bonchev–Trinajstić information content (AvgIpc) is 2.86. The summed E-state index contributed by atoms with van der Waals surface area (Å²) >= 11 is 0. The van der Waals surface area contributed by atoms with E-state index in [0.29, 0.717) is 5.88 Å². The smallest absolute Gasteiger partial charge is 0.213 e. The SMILES string of the molecule is COc1cccc(-c2cc(-n3c(C)ccc3C)ccn2)n1. The second kappa shape index (κ2) is 5.40. The van der Waals surface area contributed by atoms with Crippen LogP contribution in [0.3, 0.4) is 0 Å². The Morgan fingerprint density at radius 3 is 2.43 bits per heavy atom. The van der Waals surface area contributed by atoms with Crippen LogP contribution in [0.15, 0.2) is 48.7 Å². The van der Waals surface area contributed by atoms with E-state index in [1.165, 1.54) is 11.4 Å². The fourth-order valence-electron chi connectivity index (χ4n) is 2.45. The molecule has 0 spiro atoms. The van der Waals surface area contributed by atoms with E-state index in [2.05, 4.69) is 40.5 Å². The van der Waals surface area contributed by atoms with Crippen molar-refractivity contribution >= 4 is 0 Å². The van der Waals surface area contributed by atoms with Crippen molar-refractivity contribution in [3.8, 4) is 23.0 Å². The van der Waals surface area contributed by atoms with Crippen LogP contribution in [-0.4, -0.2) is 21.6 Å². The molecule has 0 saturated carbocycles. The number of rotatable bonds is 3. The van der Waals surface area contributed by atoms with Crippen LogP contribution in [0.2, 0.25) is 0 Å². The molecule has 4 heteroatoms. The number of ether oxygens (including phenoxy) is 1. The number of aryl methyl sites for hydroxylation is 2. The Bertz CT molecular complexity index is 758. The maximum absolute atomic E-state index is 5.17. The van der Waals surface area contributed by atoms with Crippen LogP contribution < -0.4 is 4.74 Å². The van der Waals surface area contributed by atoms with Gasteiger partial charge in [0.25, 0.3) is 0 Å². The Hall–Kier alpha value is -2.62. The number of hydrogen-bond acceptors (Lipinski definition) is 3. The van der Waals surface area contributed by atoms with E-state index in [9.17, 15) is 0 Å². The molecule has 0 unspecified atom stereocenters. The number of hydrogen-bond donors (Lipinski definition) is 0. The van der Waals surface area contributed by atoms with Crippen molar-refractivity contribution in [2.75, 3.05) is 7.11 Å². The molecule has 3 aromatic rings. The zero-order valence-corrected chi connectivity index (χ0v) is 12.4. The maximum atomic E-state index is 5.17. The molecule has 0 fully saturated rings. The highest BCUT2D eigenvalue weighted by atomic mass is 16.5. The molecule has 3 rings (SSSR count). The zero-order valence-electron chi connectivity index (χ0n) is 12.4. The van der Waals surface area contributed by atoms with Crippen LogP contribution in [0.5, 0.6) is 5.88 Å². The van der Waals surface area contributed by atoms with Gasteiger partial charge in [-0.1, -0.05) is 6.07 Å². The van der Waals surface area contributed by atoms with Gasteiger partial charge in [0.2, 0.25) is 5.88 Å². The lowest BCUT2D eigenvalue weighted by molar-refractivity contribution is 0.398. The van der Waals surface area contributed by atoms with Gasteiger partial charge in [-0.25, -0.2) is 4.98 Å². The highest BCUT2D eigenvalue weighted by molar-refractivity contribution is 5.58. The van der Waals surface area contributed by atoms with Crippen molar-refractivity contribution < 1.29 is 4.74 Å². The molecule has 0 aliphatic rings. The van der Waals surface area contributed by atoms with Crippen LogP contribution >= 0.6 is 0 Å². The summed E-state index contributed by atoms with van der Waals surface area (Å²) in [5, 5.41) is 0. The second-order valence-corrected chi connectivity index (χ2v) is 4.92. The third-order valence-electron chi connectivity index (χ3n) is 3.47. The summed E-state index contributed by atoms with van der Waals surface area (Å²) in [7, 11) is 1.61. The molecule has 3 heterocycles. The van der Waals surface area contributed by atoms with Crippen LogP contribution in [0.4, 0.5) is 0 Å². The molecule has 21 heavy (non-hydrogen) atoms. The van der Waals surface area contributed by atoms with Gasteiger partial charge in [-0.05, 0) is 44.2 Å². The lowest BCUT2D eigenvalue weighted by atomic mass is 10.2. The standard InChI is InChI=1S/C17H17N3O/c1-12-7-8-13(2)20(12)14-9-10-18-16(11-14)15-5-4-6-17(19-15)21-3/h4-11H,1-3H3. The van der Waals surface area contributed by atoms with Crippen molar-refractivity contribution in [1.82, 2.24) is 14.5 Å². The Morgan fingerprint density at radius 1 is 0.952 bits per heavy atom. The number of aromatic nitrogens is 3. The van der Waals surface area contributed by atoms with E-state index in [1.807, 2.05) is 36.5 Å². The van der Waals surface area contributed by atoms with Crippen molar-refractivity contribution in [3.63, 3.8) is 0 Å². The van der Waals surface area contributed by atoms with Crippen LogP contribution in [0.25, 0.3) is 17.1 Å². The molecule has 4 nitrogen and oxygen atoms in total.